The number of nitrogens with one attached hydrogen (secondary N) is 2. The van der Waals surface area contributed by atoms with Gasteiger partial charge in [0.05, 0.1) is 0 Å². The van der Waals surface area contributed by atoms with Crippen LogP contribution in [-0.2, 0) is 0 Å². The van der Waals surface area contributed by atoms with Gasteiger partial charge >= 0.3 is 0 Å². The van der Waals surface area contributed by atoms with Crippen LogP contribution in [0.15, 0.2) is 41.2 Å². The van der Waals surface area contributed by atoms with Crippen molar-refractivity contribution < 1.29 is 9.32 Å². The van der Waals surface area contributed by atoms with Gasteiger partial charge in [-0.1, -0.05) is 5.16 Å². The first kappa shape index (κ1) is 17.0. The monoisotopic (exact) mass is 378 g/mol. The van der Waals surface area contributed by atoms with Crippen LogP contribution in [0.25, 0.3) is 11.3 Å². The minimum absolute atomic E-state index is 0.129. The second kappa shape index (κ2) is 7.10. The molecular weight excluding hydrogens is 356 g/mol. The van der Waals surface area contributed by atoms with Gasteiger partial charge in [0.2, 0.25) is 0 Å². The molecule has 0 aromatic carbocycles. The number of hydrogen-bond acceptors (Lipinski definition) is 6. The van der Waals surface area contributed by atoms with Crippen LogP contribution in [0.5, 0.6) is 0 Å². The van der Waals surface area contributed by atoms with Crippen LogP contribution in [-0.4, -0.2) is 45.4 Å². The van der Waals surface area contributed by atoms with Crippen LogP contribution < -0.4 is 10.2 Å². The summed E-state index contributed by atoms with van der Waals surface area (Å²) >= 11 is 0. The Morgan fingerprint density at radius 2 is 2.07 bits per heavy atom. The molecule has 0 bridgehead atoms. The van der Waals surface area contributed by atoms with E-state index in [0.717, 1.165) is 37.3 Å². The summed E-state index contributed by atoms with van der Waals surface area (Å²) in [7, 11) is 0. The molecule has 28 heavy (non-hydrogen) atoms. The van der Waals surface area contributed by atoms with Crippen LogP contribution >= 0.6 is 0 Å². The molecule has 0 spiro atoms. The maximum Gasteiger partial charge on any atom is 0.273 e. The fourth-order valence-electron chi connectivity index (χ4n) is 3.63. The van der Waals surface area contributed by atoms with Crippen LogP contribution in [0, 0.1) is 0 Å². The average molecular weight is 378 g/mol. The first-order valence-corrected chi connectivity index (χ1v) is 9.74. The number of rotatable bonds is 5. The van der Waals surface area contributed by atoms with Gasteiger partial charge in [0.15, 0.2) is 17.3 Å². The lowest BCUT2D eigenvalue weighted by atomic mass is 10.0. The second-order valence-electron chi connectivity index (χ2n) is 7.51. The summed E-state index contributed by atoms with van der Waals surface area (Å²) in [6.45, 7) is 1.75. The van der Waals surface area contributed by atoms with Crippen molar-refractivity contribution in [1.82, 2.24) is 25.7 Å². The Bertz CT molecular complexity index is 954. The predicted molar refractivity (Wildman–Crippen MR) is 103 cm³/mol. The molecule has 8 nitrogen and oxygen atoms in total. The van der Waals surface area contributed by atoms with Crippen LogP contribution in [0.3, 0.4) is 0 Å². The molecule has 0 radical (unpaired) electrons. The van der Waals surface area contributed by atoms with E-state index in [-0.39, 0.29) is 11.9 Å². The van der Waals surface area contributed by atoms with Gasteiger partial charge in [0.25, 0.3) is 5.91 Å². The summed E-state index contributed by atoms with van der Waals surface area (Å²) in [6, 6.07) is 7.65. The Labute approximate surface area is 162 Å². The number of carbonyl (C=O) groups excluding carboxylic acids is 1. The van der Waals surface area contributed by atoms with Crippen molar-refractivity contribution >= 4 is 11.7 Å². The molecule has 3 aromatic heterocycles. The summed E-state index contributed by atoms with van der Waals surface area (Å²) in [5.74, 6) is 2.03. The number of aromatic amines is 1. The van der Waals surface area contributed by atoms with E-state index >= 15 is 0 Å². The molecule has 144 valence electrons. The van der Waals surface area contributed by atoms with Crippen molar-refractivity contribution in [2.75, 3.05) is 18.0 Å². The van der Waals surface area contributed by atoms with Gasteiger partial charge in [-0.05, 0) is 37.8 Å². The highest BCUT2D eigenvalue weighted by molar-refractivity contribution is 5.93. The number of H-pyrrole nitrogens is 1. The van der Waals surface area contributed by atoms with E-state index in [0.29, 0.717) is 17.4 Å². The van der Waals surface area contributed by atoms with E-state index in [1.54, 1.807) is 18.5 Å². The number of anilines is 1. The molecule has 3 aromatic rings. The SMILES string of the molecule is O=C(NC1CCN(c2cc(C3CC3)[nH]n2)CC1)c1cc(-c2cccnc2)on1. The van der Waals surface area contributed by atoms with E-state index in [9.17, 15) is 4.79 Å². The maximum absolute atomic E-state index is 12.5. The molecule has 1 amide bonds. The van der Waals surface area contributed by atoms with E-state index in [1.807, 2.05) is 12.1 Å². The molecule has 2 N–H and O–H groups in total. The number of carbonyl (C=O) groups is 1. The molecule has 1 aliphatic heterocycles. The summed E-state index contributed by atoms with van der Waals surface area (Å²) in [5.41, 5.74) is 2.34. The highest BCUT2D eigenvalue weighted by atomic mass is 16.5. The standard InChI is InChI=1S/C20H22N6O2/c27-20(17-10-18(28-25-17)14-2-1-7-21-12-14)22-15-5-8-26(9-6-15)19-11-16(23-24-19)13-3-4-13/h1-2,7,10-13,15H,3-6,8-9H2,(H,22,27)(H,23,24). The summed E-state index contributed by atoms with van der Waals surface area (Å²) in [5, 5.41) is 14.6. The highest BCUT2D eigenvalue weighted by Gasteiger charge is 2.28. The number of hydrogen-bond donors (Lipinski definition) is 2. The molecule has 0 unspecified atom stereocenters. The van der Waals surface area contributed by atoms with Crippen molar-refractivity contribution in [3.05, 3.63) is 48.0 Å². The first-order chi connectivity index (χ1) is 13.8. The number of piperidine rings is 1. The maximum atomic E-state index is 12.5. The lowest BCUT2D eigenvalue weighted by molar-refractivity contribution is 0.0922. The van der Waals surface area contributed by atoms with Crippen molar-refractivity contribution in [1.29, 1.82) is 0 Å². The van der Waals surface area contributed by atoms with Gasteiger partial charge in [-0.2, -0.15) is 5.10 Å². The minimum Gasteiger partial charge on any atom is -0.355 e. The molecule has 5 rings (SSSR count). The third kappa shape index (κ3) is 3.49. The lowest BCUT2D eigenvalue weighted by Crippen LogP contribution is -2.44. The van der Waals surface area contributed by atoms with Crippen LogP contribution in [0.2, 0.25) is 0 Å². The molecule has 2 aliphatic rings. The fourth-order valence-corrected chi connectivity index (χ4v) is 3.63. The summed E-state index contributed by atoms with van der Waals surface area (Å²) in [4.78, 5) is 18.8. The van der Waals surface area contributed by atoms with Crippen molar-refractivity contribution in [3.8, 4) is 11.3 Å². The van der Waals surface area contributed by atoms with Gasteiger partial charge in [-0.3, -0.25) is 14.9 Å². The zero-order valence-electron chi connectivity index (χ0n) is 15.5. The summed E-state index contributed by atoms with van der Waals surface area (Å²) < 4.78 is 5.29. The van der Waals surface area contributed by atoms with Gasteiger partial charge in [0, 0.05) is 60.8 Å². The molecule has 8 heteroatoms. The Kier molecular flexibility index (Phi) is 4.31. The Morgan fingerprint density at radius 3 is 2.82 bits per heavy atom. The number of pyridine rings is 1. The average Bonchev–Trinajstić information content (AvgIpc) is 3.27. The van der Waals surface area contributed by atoms with Crippen molar-refractivity contribution in [2.24, 2.45) is 0 Å². The zero-order chi connectivity index (χ0) is 18.9. The molecular formula is C20H22N6O2. The molecule has 1 saturated carbocycles. The Hall–Kier alpha value is -3.16. The normalized spacial score (nSPS) is 17.6. The van der Waals surface area contributed by atoms with Crippen LogP contribution in [0.4, 0.5) is 5.82 Å². The highest BCUT2D eigenvalue weighted by Crippen LogP contribution is 2.40. The molecule has 4 heterocycles. The first-order valence-electron chi connectivity index (χ1n) is 9.74. The molecule has 2 fully saturated rings. The van der Waals surface area contributed by atoms with E-state index < -0.39 is 0 Å². The van der Waals surface area contributed by atoms with E-state index in [4.69, 9.17) is 4.52 Å². The van der Waals surface area contributed by atoms with Crippen molar-refractivity contribution in [2.45, 2.75) is 37.6 Å². The topological polar surface area (TPSA) is 99.9 Å². The zero-order valence-corrected chi connectivity index (χ0v) is 15.5. The minimum atomic E-state index is -0.201. The third-order valence-corrected chi connectivity index (χ3v) is 5.44. The van der Waals surface area contributed by atoms with Gasteiger partial charge in [0.1, 0.15) is 0 Å². The largest absolute Gasteiger partial charge is 0.355 e. The van der Waals surface area contributed by atoms with Crippen molar-refractivity contribution in [3.63, 3.8) is 0 Å². The number of amides is 1. The fraction of sp³-hybridized carbons (Fsp3) is 0.400. The smallest absolute Gasteiger partial charge is 0.273 e. The lowest BCUT2D eigenvalue weighted by Gasteiger charge is -2.32. The number of aromatic nitrogens is 4. The molecule has 1 saturated heterocycles. The predicted octanol–water partition coefficient (Wildman–Crippen LogP) is 2.74. The molecule has 1 aliphatic carbocycles. The quantitative estimate of drug-likeness (QED) is 0.708. The Morgan fingerprint density at radius 1 is 1.21 bits per heavy atom. The molecule has 0 atom stereocenters. The third-order valence-electron chi connectivity index (χ3n) is 5.44. The van der Waals surface area contributed by atoms with E-state index in [1.165, 1.54) is 18.5 Å². The van der Waals surface area contributed by atoms with Gasteiger partial charge in [-0.25, -0.2) is 0 Å². The summed E-state index contributed by atoms with van der Waals surface area (Å²) in [6.07, 6.45) is 7.66. The van der Waals surface area contributed by atoms with Gasteiger partial charge < -0.3 is 14.7 Å². The van der Waals surface area contributed by atoms with Gasteiger partial charge in [-0.15, -0.1) is 0 Å². The second-order valence-corrected chi connectivity index (χ2v) is 7.51. The van der Waals surface area contributed by atoms with E-state index in [2.05, 4.69) is 36.6 Å². The number of nitrogens with zero attached hydrogens (tertiary/aromatic N) is 4. The van der Waals surface area contributed by atoms with Crippen LogP contribution in [0.1, 0.15) is 47.8 Å². The Balaban J connectivity index is 1.16.